The predicted molar refractivity (Wildman–Crippen MR) is 67.8 cm³/mol. The van der Waals surface area contributed by atoms with Gasteiger partial charge in [-0.05, 0) is 20.3 Å². The Balaban J connectivity index is 2.03. The normalized spacial score (nSPS) is 34.9. The zero-order valence-corrected chi connectivity index (χ0v) is 11.0. The molecule has 1 heterocycles. The zero-order valence-electron chi connectivity index (χ0n) is 11.0. The van der Waals surface area contributed by atoms with E-state index in [0.717, 1.165) is 0 Å². The number of hydrogen-bond donors (Lipinski definition) is 2. The van der Waals surface area contributed by atoms with E-state index < -0.39 is 5.60 Å². The molecule has 1 aliphatic carbocycles. The standard InChI is InChI=1S/C13H22N2O3/c1-13(2)8-15(6-11(7-16)18-13)12(17)9-3-4-10(14)5-9/h3-4,9-11,16H,5-8,14H2,1-2H3. The highest BCUT2D eigenvalue weighted by atomic mass is 16.5. The smallest absolute Gasteiger partial charge is 0.229 e. The first-order valence-electron chi connectivity index (χ1n) is 6.42. The van der Waals surface area contributed by atoms with Crippen LogP contribution in [0.15, 0.2) is 12.2 Å². The maximum atomic E-state index is 12.4. The summed E-state index contributed by atoms with van der Waals surface area (Å²) in [4.78, 5) is 14.2. The Kier molecular flexibility index (Phi) is 3.75. The number of nitrogens with zero attached hydrogens (tertiary/aromatic N) is 1. The number of carbonyl (C=O) groups is 1. The first kappa shape index (κ1) is 13.5. The van der Waals surface area contributed by atoms with Crippen LogP contribution in [0.2, 0.25) is 0 Å². The molecule has 102 valence electrons. The van der Waals surface area contributed by atoms with E-state index in [0.29, 0.717) is 19.5 Å². The highest BCUT2D eigenvalue weighted by Crippen LogP contribution is 2.25. The fourth-order valence-corrected chi connectivity index (χ4v) is 2.70. The lowest BCUT2D eigenvalue weighted by Gasteiger charge is -2.43. The van der Waals surface area contributed by atoms with Crippen LogP contribution in [0.1, 0.15) is 20.3 Å². The number of carbonyl (C=O) groups excluding carboxylic acids is 1. The van der Waals surface area contributed by atoms with Crippen molar-refractivity contribution in [1.82, 2.24) is 4.90 Å². The Morgan fingerprint density at radius 2 is 2.28 bits per heavy atom. The van der Waals surface area contributed by atoms with E-state index in [-0.39, 0.29) is 30.6 Å². The molecule has 3 N–H and O–H groups in total. The molecule has 0 aromatic rings. The minimum Gasteiger partial charge on any atom is -0.394 e. The van der Waals surface area contributed by atoms with Crippen molar-refractivity contribution in [2.45, 2.75) is 38.0 Å². The molecular weight excluding hydrogens is 232 g/mol. The second kappa shape index (κ2) is 4.99. The van der Waals surface area contributed by atoms with Crippen molar-refractivity contribution >= 4 is 5.91 Å². The monoisotopic (exact) mass is 254 g/mol. The van der Waals surface area contributed by atoms with Gasteiger partial charge in [0.15, 0.2) is 0 Å². The third-order valence-corrected chi connectivity index (χ3v) is 3.43. The second-order valence-corrected chi connectivity index (χ2v) is 5.79. The van der Waals surface area contributed by atoms with Crippen molar-refractivity contribution in [3.63, 3.8) is 0 Å². The Labute approximate surface area is 108 Å². The van der Waals surface area contributed by atoms with Crippen molar-refractivity contribution in [1.29, 1.82) is 0 Å². The third kappa shape index (κ3) is 2.91. The fraction of sp³-hybridized carbons (Fsp3) is 0.769. The number of amides is 1. The van der Waals surface area contributed by atoms with Gasteiger partial charge in [-0.2, -0.15) is 0 Å². The molecule has 0 saturated carbocycles. The van der Waals surface area contributed by atoms with Crippen molar-refractivity contribution in [3.8, 4) is 0 Å². The van der Waals surface area contributed by atoms with Crippen LogP contribution in [-0.4, -0.2) is 53.4 Å². The van der Waals surface area contributed by atoms with E-state index in [1.54, 1.807) is 4.90 Å². The molecule has 0 spiro atoms. The van der Waals surface area contributed by atoms with Gasteiger partial charge in [0.2, 0.25) is 5.91 Å². The maximum absolute atomic E-state index is 12.4. The van der Waals surface area contributed by atoms with Gasteiger partial charge < -0.3 is 20.5 Å². The van der Waals surface area contributed by atoms with Gasteiger partial charge in [0, 0.05) is 19.1 Å². The molecule has 1 fully saturated rings. The summed E-state index contributed by atoms with van der Waals surface area (Å²) in [5.41, 5.74) is 5.37. The molecule has 2 aliphatic rings. The van der Waals surface area contributed by atoms with Gasteiger partial charge in [-0.1, -0.05) is 12.2 Å². The number of morpholine rings is 1. The average molecular weight is 254 g/mol. The van der Waals surface area contributed by atoms with Crippen LogP contribution < -0.4 is 5.73 Å². The van der Waals surface area contributed by atoms with Crippen LogP contribution in [-0.2, 0) is 9.53 Å². The average Bonchev–Trinajstić information content (AvgIpc) is 2.72. The van der Waals surface area contributed by atoms with Gasteiger partial charge in [0.1, 0.15) is 0 Å². The minimum absolute atomic E-state index is 0.0124. The summed E-state index contributed by atoms with van der Waals surface area (Å²) in [7, 11) is 0. The van der Waals surface area contributed by atoms with Gasteiger partial charge in [0.25, 0.3) is 0 Å². The van der Waals surface area contributed by atoms with Crippen LogP contribution >= 0.6 is 0 Å². The van der Waals surface area contributed by atoms with Gasteiger partial charge in [-0.3, -0.25) is 4.79 Å². The zero-order chi connectivity index (χ0) is 13.3. The summed E-state index contributed by atoms with van der Waals surface area (Å²) in [5, 5.41) is 9.23. The van der Waals surface area contributed by atoms with Gasteiger partial charge in [0.05, 0.1) is 24.2 Å². The maximum Gasteiger partial charge on any atom is 0.229 e. The number of hydrogen-bond acceptors (Lipinski definition) is 4. The number of aliphatic hydroxyl groups is 1. The van der Waals surface area contributed by atoms with Crippen molar-refractivity contribution < 1.29 is 14.6 Å². The topological polar surface area (TPSA) is 75.8 Å². The lowest BCUT2D eigenvalue weighted by Crippen LogP contribution is -2.56. The molecule has 0 aromatic heterocycles. The molecule has 5 nitrogen and oxygen atoms in total. The first-order chi connectivity index (χ1) is 8.41. The van der Waals surface area contributed by atoms with Crippen LogP contribution in [0.3, 0.4) is 0 Å². The molecule has 3 atom stereocenters. The third-order valence-electron chi connectivity index (χ3n) is 3.43. The van der Waals surface area contributed by atoms with Gasteiger partial charge >= 0.3 is 0 Å². The van der Waals surface area contributed by atoms with Crippen LogP contribution in [0.25, 0.3) is 0 Å². The quantitative estimate of drug-likeness (QED) is 0.674. The second-order valence-electron chi connectivity index (χ2n) is 5.79. The van der Waals surface area contributed by atoms with E-state index in [1.165, 1.54) is 0 Å². The van der Waals surface area contributed by atoms with E-state index in [4.69, 9.17) is 10.5 Å². The van der Waals surface area contributed by atoms with Crippen molar-refractivity contribution in [3.05, 3.63) is 12.2 Å². The predicted octanol–water partition coefficient (Wildman–Crippen LogP) is -0.112. The SMILES string of the molecule is CC1(C)CN(C(=O)C2C=CC(N)C2)CC(CO)O1. The Morgan fingerprint density at radius 3 is 2.83 bits per heavy atom. The first-order valence-corrected chi connectivity index (χ1v) is 6.42. The van der Waals surface area contributed by atoms with E-state index in [2.05, 4.69) is 0 Å². The molecule has 0 radical (unpaired) electrons. The Hall–Kier alpha value is -0.910. The Bertz CT molecular complexity index is 354. The molecule has 0 aromatic carbocycles. The molecule has 1 aliphatic heterocycles. The number of ether oxygens (including phenoxy) is 1. The van der Waals surface area contributed by atoms with Crippen molar-refractivity contribution in [2.75, 3.05) is 19.7 Å². The number of rotatable bonds is 2. The molecule has 3 unspecified atom stereocenters. The summed E-state index contributed by atoms with van der Waals surface area (Å²) < 4.78 is 5.70. The lowest BCUT2D eigenvalue weighted by atomic mass is 10.0. The summed E-state index contributed by atoms with van der Waals surface area (Å²) in [6.07, 6.45) is 4.17. The van der Waals surface area contributed by atoms with E-state index >= 15 is 0 Å². The minimum atomic E-state index is -0.411. The summed E-state index contributed by atoms with van der Waals surface area (Å²) in [6, 6.07) is -0.0124. The van der Waals surface area contributed by atoms with E-state index in [1.807, 2.05) is 26.0 Å². The lowest BCUT2D eigenvalue weighted by molar-refractivity contribution is -0.168. The number of nitrogens with two attached hydrogens (primary N) is 1. The number of aliphatic hydroxyl groups excluding tert-OH is 1. The Morgan fingerprint density at radius 1 is 1.56 bits per heavy atom. The molecule has 5 heteroatoms. The summed E-state index contributed by atoms with van der Waals surface area (Å²) >= 11 is 0. The highest BCUT2D eigenvalue weighted by molar-refractivity contribution is 5.81. The molecular formula is C13H22N2O3. The summed E-state index contributed by atoms with van der Waals surface area (Å²) in [6.45, 7) is 4.82. The molecule has 1 amide bonds. The highest BCUT2D eigenvalue weighted by Gasteiger charge is 2.37. The van der Waals surface area contributed by atoms with Crippen molar-refractivity contribution in [2.24, 2.45) is 11.7 Å². The van der Waals surface area contributed by atoms with Gasteiger partial charge in [-0.15, -0.1) is 0 Å². The molecule has 1 saturated heterocycles. The van der Waals surface area contributed by atoms with Crippen LogP contribution in [0, 0.1) is 5.92 Å². The molecule has 18 heavy (non-hydrogen) atoms. The summed E-state index contributed by atoms with van der Waals surface area (Å²) in [5.74, 6) is -0.0257. The van der Waals surface area contributed by atoms with Crippen LogP contribution in [0.5, 0.6) is 0 Å². The fourth-order valence-electron chi connectivity index (χ4n) is 2.70. The van der Waals surface area contributed by atoms with E-state index in [9.17, 15) is 9.90 Å². The van der Waals surface area contributed by atoms with Gasteiger partial charge in [-0.25, -0.2) is 0 Å². The largest absolute Gasteiger partial charge is 0.394 e. The van der Waals surface area contributed by atoms with Crippen LogP contribution in [0.4, 0.5) is 0 Å². The molecule has 2 rings (SSSR count). The molecule has 0 bridgehead atoms.